The fourth-order valence-corrected chi connectivity index (χ4v) is 3.83. The number of nitrogens with one attached hydrogen (secondary N) is 1. The van der Waals surface area contributed by atoms with E-state index in [0.717, 1.165) is 12.1 Å². The molecule has 2 heterocycles. The van der Waals surface area contributed by atoms with Crippen LogP contribution in [-0.4, -0.2) is 27.6 Å². The molecule has 2 aromatic rings. The number of ether oxygens (including phenoxy) is 1. The summed E-state index contributed by atoms with van der Waals surface area (Å²) in [6.07, 6.45) is -4.77. The predicted molar refractivity (Wildman–Crippen MR) is 103 cm³/mol. The Morgan fingerprint density at radius 3 is 2.48 bits per heavy atom. The first-order chi connectivity index (χ1) is 13.4. The molecule has 29 heavy (non-hydrogen) atoms. The van der Waals surface area contributed by atoms with E-state index in [-0.39, 0.29) is 29.2 Å². The average molecular weight is 427 g/mol. The molecule has 1 atom stereocenters. The highest BCUT2D eigenvalue weighted by atomic mass is 32.2. The number of anilines is 1. The van der Waals surface area contributed by atoms with Crippen LogP contribution >= 0.6 is 11.8 Å². The Hall–Kier alpha value is -2.49. The van der Waals surface area contributed by atoms with E-state index in [4.69, 9.17) is 0 Å². The molecule has 1 aliphatic heterocycles. The van der Waals surface area contributed by atoms with Crippen LogP contribution in [0.3, 0.4) is 0 Å². The number of halogens is 3. The number of carbonyl (C=O) groups is 1. The molecule has 1 aliphatic rings. The Kier molecular flexibility index (Phi) is 5.66. The second kappa shape index (κ2) is 7.74. The Balaban J connectivity index is 1.69. The number of hydrogen-bond donors (Lipinski definition) is 1. The van der Waals surface area contributed by atoms with Crippen molar-refractivity contribution in [2.75, 3.05) is 11.1 Å². The predicted octanol–water partition coefficient (Wildman–Crippen LogP) is 3.80. The van der Waals surface area contributed by atoms with E-state index in [9.17, 15) is 22.8 Å². The van der Waals surface area contributed by atoms with Gasteiger partial charge in [0, 0.05) is 29.5 Å². The fourth-order valence-electron chi connectivity index (χ4n) is 2.74. The van der Waals surface area contributed by atoms with Crippen LogP contribution in [0.5, 0.6) is 5.75 Å². The Labute approximate surface area is 169 Å². The summed E-state index contributed by atoms with van der Waals surface area (Å²) in [5.74, 6) is -0.718. The lowest BCUT2D eigenvalue weighted by molar-refractivity contribution is -0.274. The van der Waals surface area contributed by atoms with E-state index in [2.05, 4.69) is 15.0 Å². The monoisotopic (exact) mass is 427 g/mol. The van der Waals surface area contributed by atoms with Crippen molar-refractivity contribution in [2.24, 2.45) is 5.92 Å². The first kappa shape index (κ1) is 21.2. The number of thioether (sulfide) groups is 1. The lowest BCUT2D eigenvalue weighted by atomic mass is 9.92. The third-order valence-electron chi connectivity index (χ3n) is 4.28. The van der Waals surface area contributed by atoms with Crippen molar-refractivity contribution in [3.8, 4) is 5.75 Å². The third kappa shape index (κ3) is 5.31. The molecule has 1 N–H and O–H groups in total. The molecule has 1 aromatic heterocycles. The Morgan fingerprint density at radius 2 is 1.90 bits per heavy atom. The SMILES string of the molecule is CC(C)(C)c1cc(=O)n2c(n1)SC[C@H](C(=O)Nc1ccc(OC(F)(F)F)cc1)C2. The summed E-state index contributed by atoms with van der Waals surface area (Å²) in [7, 11) is 0. The summed E-state index contributed by atoms with van der Waals surface area (Å²) in [5, 5.41) is 3.25. The largest absolute Gasteiger partial charge is 0.573 e. The van der Waals surface area contributed by atoms with Crippen molar-refractivity contribution in [3.63, 3.8) is 0 Å². The van der Waals surface area contributed by atoms with E-state index in [1.54, 1.807) is 0 Å². The van der Waals surface area contributed by atoms with Crippen molar-refractivity contribution in [3.05, 3.63) is 46.4 Å². The van der Waals surface area contributed by atoms with Crippen molar-refractivity contribution in [2.45, 2.75) is 44.2 Å². The second-order valence-corrected chi connectivity index (χ2v) is 8.68. The number of rotatable bonds is 3. The van der Waals surface area contributed by atoms with Crippen LogP contribution in [0, 0.1) is 5.92 Å². The first-order valence-corrected chi connectivity index (χ1v) is 9.83. The molecule has 0 spiro atoms. The number of hydrogen-bond acceptors (Lipinski definition) is 5. The number of nitrogens with zero attached hydrogens (tertiary/aromatic N) is 2. The summed E-state index contributed by atoms with van der Waals surface area (Å²) in [4.78, 5) is 29.6. The van der Waals surface area contributed by atoms with Crippen molar-refractivity contribution >= 4 is 23.4 Å². The number of benzene rings is 1. The topological polar surface area (TPSA) is 73.2 Å². The van der Waals surface area contributed by atoms with Crippen LogP contribution in [0.4, 0.5) is 18.9 Å². The van der Waals surface area contributed by atoms with E-state index in [1.165, 1.54) is 34.5 Å². The second-order valence-electron chi connectivity index (χ2n) is 7.69. The van der Waals surface area contributed by atoms with Gasteiger partial charge in [-0.15, -0.1) is 13.2 Å². The number of amides is 1. The van der Waals surface area contributed by atoms with Gasteiger partial charge in [-0.05, 0) is 24.3 Å². The van der Waals surface area contributed by atoms with Gasteiger partial charge in [0.2, 0.25) is 5.91 Å². The molecular weight excluding hydrogens is 407 g/mol. The molecule has 0 saturated heterocycles. The Morgan fingerprint density at radius 1 is 1.24 bits per heavy atom. The minimum absolute atomic E-state index is 0.194. The average Bonchev–Trinajstić information content (AvgIpc) is 2.61. The normalized spacial score (nSPS) is 16.8. The summed E-state index contributed by atoms with van der Waals surface area (Å²) < 4.78 is 41.9. The maximum atomic E-state index is 12.6. The lowest BCUT2D eigenvalue weighted by Gasteiger charge is -2.26. The van der Waals surface area contributed by atoms with Crippen molar-refractivity contribution in [1.29, 1.82) is 0 Å². The molecule has 0 radical (unpaired) electrons. The van der Waals surface area contributed by atoms with Crippen LogP contribution in [-0.2, 0) is 16.8 Å². The molecule has 3 rings (SSSR count). The molecule has 0 fully saturated rings. The van der Waals surface area contributed by atoms with Gasteiger partial charge in [0.15, 0.2) is 5.16 Å². The van der Waals surface area contributed by atoms with Gasteiger partial charge in [0.25, 0.3) is 5.56 Å². The Bertz CT molecular complexity index is 966. The number of alkyl halides is 3. The van der Waals surface area contributed by atoms with Gasteiger partial charge in [-0.1, -0.05) is 32.5 Å². The minimum Gasteiger partial charge on any atom is -0.406 e. The standard InChI is InChI=1S/C19H20F3N3O3S/c1-18(2,3)14-8-15(26)25-9-11(10-29-17(25)24-14)16(27)23-12-4-6-13(7-5-12)28-19(20,21)22/h4-8,11H,9-10H2,1-3H3,(H,23,27)/t11-/m1/s1. The van der Waals surface area contributed by atoms with Crippen LogP contribution in [0.25, 0.3) is 0 Å². The minimum atomic E-state index is -4.77. The fraction of sp³-hybridized carbons (Fsp3) is 0.421. The van der Waals surface area contributed by atoms with Gasteiger partial charge >= 0.3 is 6.36 Å². The quantitative estimate of drug-likeness (QED) is 0.755. The smallest absolute Gasteiger partial charge is 0.406 e. The zero-order chi connectivity index (χ0) is 21.4. The van der Waals surface area contributed by atoms with Crippen molar-refractivity contribution in [1.82, 2.24) is 9.55 Å². The lowest BCUT2D eigenvalue weighted by Crippen LogP contribution is -2.37. The summed E-state index contributed by atoms with van der Waals surface area (Å²) in [6, 6.07) is 6.38. The molecule has 1 aromatic carbocycles. The van der Waals surface area contributed by atoms with Crippen LogP contribution in [0.2, 0.25) is 0 Å². The van der Waals surface area contributed by atoms with Gasteiger partial charge in [-0.3, -0.25) is 14.2 Å². The van der Waals surface area contributed by atoms with Gasteiger partial charge in [-0.2, -0.15) is 0 Å². The number of carbonyl (C=O) groups excluding carboxylic acids is 1. The van der Waals surface area contributed by atoms with Crippen LogP contribution in [0.1, 0.15) is 26.5 Å². The number of fused-ring (bicyclic) bond motifs is 1. The van der Waals surface area contributed by atoms with Crippen LogP contribution in [0.15, 0.2) is 40.3 Å². The van der Waals surface area contributed by atoms with E-state index in [1.807, 2.05) is 20.8 Å². The van der Waals surface area contributed by atoms with Gasteiger partial charge in [0.1, 0.15) is 5.75 Å². The summed E-state index contributed by atoms with van der Waals surface area (Å²) >= 11 is 1.33. The summed E-state index contributed by atoms with van der Waals surface area (Å²) in [6.45, 7) is 6.11. The molecule has 1 amide bonds. The highest BCUT2D eigenvalue weighted by Gasteiger charge is 2.31. The third-order valence-corrected chi connectivity index (χ3v) is 5.42. The molecule has 10 heteroatoms. The van der Waals surface area contributed by atoms with Gasteiger partial charge < -0.3 is 10.1 Å². The molecule has 6 nitrogen and oxygen atoms in total. The number of aromatic nitrogens is 2. The highest BCUT2D eigenvalue weighted by Crippen LogP contribution is 2.29. The molecule has 0 aliphatic carbocycles. The molecule has 156 valence electrons. The van der Waals surface area contributed by atoms with Gasteiger partial charge in [0.05, 0.1) is 11.6 Å². The molecule has 0 saturated carbocycles. The first-order valence-electron chi connectivity index (χ1n) is 8.84. The molecular formula is C19H20F3N3O3S. The highest BCUT2D eigenvalue weighted by molar-refractivity contribution is 7.99. The van der Waals surface area contributed by atoms with E-state index in [0.29, 0.717) is 22.3 Å². The zero-order valence-corrected chi connectivity index (χ0v) is 16.9. The maximum Gasteiger partial charge on any atom is 0.573 e. The zero-order valence-electron chi connectivity index (χ0n) is 16.0. The van der Waals surface area contributed by atoms with E-state index >= 15 is 0 Å². The summed E-state index contributed by atoms with van der Waals surface area (Å²) in [5.41, 5.74) is 0.573. The van der Waals surface area contributed by atoms with Crippen LogP contribution < -0.4 is 15.6 Å². The van der Waals surface area contributed by atoms with E-state index < -0.39 is 12.3 Å². The maximum absolute atomic E-state index is 12.6. The molecule has 0 bridgehead atoms. The van der Waals surface area contributed by atoms with Gasteiger partial charge in [-0.25, -0.2) is 4.98 Å². The molecule has 0 unspecified atom stereocenters. The van der Waals surface area contributed by atoms with Crippen molar-refractivity contribution < 1.29 is 22.7 Å².